The number of anilines is 1. The van der Waals surface area contributed by atoms with Crippen molar-refractivity contribution in [1.29, 1.82) is 0 Å². The van der Waals surface area contributed by atoms with Gasteiger partial charge in [0, 0.05) is 12.2 Å². The van der Waals surface area contributed by atoms with E-state index in [9.17, 15) is 4.79 Å². The van der Waals surface area contributed by atoms with Gasteiger partial charge < -0.3 is 14.8 Å². The Morgan fingerprint density at radius 3 is 2.41 bits per heavy atom. The van der Waals surface area contributed by atoms with Crippen LogP contribution in [0.1, 0.15) is 13.3 Å². The number of carbonyl (C=O) groups is 1. The Kier molecular flexibility index (Phi) is 5.33. The highest BCUT2D eigenvalue weighted by Gasteiger charge is 2.16. The summed E-state index contributed by atoms with van der Waals surface area (Å²) in [6, 6.07) is 7.59. The zero-order valence-electron chi connectivity index (χ0n) is 10.5. The van der Waals surface area contributed by atoms with E-state index in [1.165, 1.54) is 7.11 Å². The molecule has 0 heterocycles. The van der Waals surface area contributed by atoms with Crippen molar-refractivity contribution in [1.82, 2.24) is 0 Å². The van der Waals surface area contributed by atoms with Crippen molar-refractivity contribution in [2.24, 2.45) is 5.92 Å². The van der Waals surface area contributed by atoms with Crippen molar-refractivity contribution >= 4 is 11.7 Å². The number of benzene rings is 1. The normalized spacial score (nSPS) is 11.7. The summed E-state index contributed by atoms with van der Waals surface area (Å²) < 4.78 is 9.80. The minimum Gasteiger partial charge on any atom is -0.497 e. The van der Waals surface area contributed by atoms with Gasteiger partial charge in [0.1, 0.15) is 5.75 Å². The van der Waals surface area contributed by atoms with Crippen LogP contribution in [0.3, 0.4) is 0 Å². The molecule has 0 aliphatic rings. The minimum atomic E-state index is -0.173. The minimum absolute atomic E-state index is 0.109. The fourth-order valence-corrected chi connectivity index (χ4v) is 1.51. The molecule has 1 rings (SSSR count). The molecule has 0 saturated carbocycles. The Hall–Kier alpha value is -1.71. The number of carbonyl (C=O) groups excluding carboxylic acids is 1. The van der Waals surface area contributed by atoms with Gasteiger partial charge in [0.25, 0.3) is 0 Å². The smallest absolute Gasteiger partial charge is 0.310 e. The molecule has 0 aliphatic heterocycles. The zero-order valence-corrected chi connectivity index (χ0v) is 10.5. The van der Waals surface area contributed by atoms with Gasteiger partial charge in [-0.25, -0.2) is 0 Å². The van der Waals surface area contributed by atoms with Crippen LogP contribution in [0.25, 0.3) is 0 Å². The van der Waals surface area contributed by atoms with E-state index in [1.807, 2.05) is 31.2 Å². The molecule has 0 aliphatic carbocycles. The molecule has 0 radical (unpaired) electrons. The average Bonchev–Trinajstić information content (AvgIpc) is 2.39. The van der Waals surface area contributed by atoms with Crippen LogP contribution in [-0.2, 0) is 9.53 Å². The molecule has 4 nitrogen and oxygen atoms in total. The van der Waals surface area contributed by atoms with Crippen molar-refractivity contribution in [3.63, 3.8) is 0 Å². The predicted octanol–water partition coefficient (Wildman–Crippen LogP) is 2.31. The van der Waals surface area contributed by atoms with Gasteiger partial charge in [-0.05, 0) is 30.7 Å². The summed E-state index contributed by atoms with van der Waals surface area (Å²) in [7, 11) is 3.05. The highest BCUT2D eigenvalue weighted by atomic mass is 16.5. The molecule has 1 atom stereocenters. The van der Waals surface area contributed by atoms with E-state index in [-0.39, 0.29) is 11.9 Å². The lowest BCUT2D eigenvalue weighted by Crippen LogP contribution is -2.23. The number of nitrogens with one attached hydrogen (secondary N) is 1. The van der Waals surface area contributed by atoms with E-state index < -0.39 is 0 Å². The maximum Gasteiger partial charge on any atom is 0.310 e. The maximum atomic E-state index is 11.4. The Bertz CT molecular complexity index is 348. The van der Waals surface area contributed by atoms with Gasteiger partial charge in [0.2, 0.25) is 0 Å². The summed E-state index contributed by atoms with van der Waals surface area (Å²) in [6.45, 7) is 2.55. The summed E-state index contributed by atoms with van der Waals surface area (Å²) in [5, 5.41) is 3.21. The first-order valence-corrected chi connectivity index (χ1v) is 5.67. The number of hydrogen-bond donors (Lipinski definition) is 1. The molecular formula is C13H19NO3. The molecule has 17 heavy (non-hydrogen) atoms. The molecule has 0 amide bonds. The summed E-state index contributed by atoms with van der Waals surface area (Å²) in [4.78, 5) is 11.4. The first-order chi connectivity index (χ1) is 8.21. The number of rotatable bonds is 6. The van der Waals surface area contributed by atoms with Crippen molar-refractivity contribution in [3.8, 4) is 5.75 Å². The molecule has 1 aromatic rings. The zero-order chi connectivity index (χ0) is 12.7. The molecule has 1 aromatic carbocycles. The van der Waals surface area contributed by atoms with Gasteiger partial charge in [-0.3, -0.25) is 4.79 Å². The molecule has 0 aromatic heterocycles. The van der Waals surface area contributed by atoms with Crippen LogP contribution < -0.4 is 10.1 Å². The lowest BCUT2D eigenvalue weighted by molar-refractivity contribution is -0.145. The number of hydrogen-bond acceptors (Lipinski definition) is 4. The van der Waals surface area contributed by atoms with Gasteiger partial charge in [0.05, 0.1) is 20.1 Å². The van der Waals surface area contributed by atoms with Crippen LogP contribution in [0, 0.1) is 5.92 Å². The van der Waals surface area contributed by atoms with Crippen LogP contribution in [0.2, 0.25) is 0 Å². The third-order valence-corrected chi connectivity index (χ3v) is 2.67. The maximum absolute atomic E-state index is 11.4. The molecule has 1 N–H and O–H groups in total. The summed E-state index contributed by atoms with van der Waals surface area (Å²) in [5.74, 6) is 0.533. The van der Waals surface area contributed by atoms with Crippen molar-refractivity contribution in [2.45, 2.75) is 13.3 Å². The Morgan fingerprint density at radius 1 is 1.29 bits per heavy atom. The van der Waals surface area contributed by atoms with Crippen LogP contribution in [0.4, 0.5) is 5.69 Å². The quantitative estimate of drug-likeness (QED) is 0.771. The van der Waals surface area contributed by atoms with Crippen LogP contribution in [-0.4, -0.2) is 26.7 Å². The third kappa shape index (κ3) is 3.98. The fourth-order valence-electron chi connectivity index (χ4n) is 1.51. The van der Waals surface area contributed by atoms with E-state index >= 15 is 0 Å². The first-order valence-electron chi connectivity index (χ1n) is 5.67. The van der Waals surface area contributed by atoms with E-state index in [2.05, 4.69) is 5.32 Å². The van der Waals surface area contributed by atoms with E-state index in [0.29, 0.717) is 6.54 Å². The average molecular weight is 237 g/mol. The van der Waals surface area contributed by atoms with Gasteiger partial charge in [-0.1, -0.05) is 6.92 Å². The highest BCUT2D eigenvalue weighted by Crippen LogP contribution is 2.16. The molecule has 0 saturated heterocycles. The van der Waals surface area contributed by atoms with Crippen LogP contribution in [0.15, 0.2) is 24.3 Å². The monoisotopic (exact) mass is 237 g/mol. The third-order valence-electron chi connectivity index (χ3n) is 2.67. The molecule has 94 valence electrons. The lowest BCUT2D eigenvalue weighted by atomic mass is 10.1. The fraction of sp³-hybridized carbons (Fsp3) is 0.462. The van der Waals surface area contributed by atoms with Crippen molar-refractivity contribution in [2.75, 3.05) is 26.1 Å². The Balaban J connectivity index is 2.50. The SMILES string of the molecule is CCC(CNc1ccc(OC)cc1)C(=O)OC. The first kappa shape index (κ1) is 13.4. The summed E-state index contributed by atoms with van der Waals surface area (Å²) in [6.07, 6.45) is 0.760. The second kappa shape index (κ2) is 6.78. The van der Waals surface area contributed by atoms with Gasteiger partial charge in [0.15, 0.2) is 0 Å². The predicted molar refractivity (Wildman–Crippen MR) is 67.3 cm³/mol. The largest absolute Gasteiger partial charge is 0.497 e. The molecule has 0 bridgehead atoms. The standard InChI is InChI=1S/C13H19NO3/c1-4-10(13(15)17-3)9-14-11-5-7-12(16-2)8-6-11/h5-8,10,14H,4,9H2,1-3H3. The molecule has 0 spiro atoms. The number of ether oxygens (including phenoxy) is 2. The van der Waals surface area contributed by atoms with E-state index in [0.717, 1.165) is 17.9 Å². The summed E-state index contributed by atoms with van der Waals surface area (Å²) in [5.41, 5.74) is 0.966. The van der Waals surface area contributed by atoms with Gasteiger partial charge >= 0.3 is 5.97 Å². The Labute approximate surface area is 102 Å². The van der Waals surface area contributed by atoms with Crippen molar-refractivity contribution in [3.05, 3.63) is 24.3 Å². The van der Waals surface area contributed by atoms with Gasteiger partial charge in [-0.2, -0.15) is 0 Å². The Morgan fingerprint density at radius 2 is 1.94 bits per heavy atom. The lowest BCUT2D eigenvalue weighted by Gasteiger charge is -2.14. The van der Waals surface area contributed by atoms with Crippen LogP contribution >= 0.6 is 0 Å². The van der Waals surface area contributed by atoms with E-state index in [4.69, 9.17) is 9.47 Å². The number of methoxy groups -OCH3 is 2. The highest BCUT2D eigenvalue weighted by molar-refractivity contribution is 5.73. The molecule has 1 unspecified atom stereocenters. The molecule has 4 heteroatoms. The second-order valence-electron chi connectivity index (χ2n) is 3.74. The van der Waals surface area contributed by atoms with Crippen molar-refractivity contribution < 1.29 is 14.3 Å². The topological polar surface area (TPSA) is 47.6 Å². The van der Waals surface area contributed by atoms with E-state index in [1.54, 1.807) is 7.11 Å². The molecular weight excluding hydrogens is 218 g/mol. The van der Waals surface area contributed by atoms with Gasteiger partial charge in [-0.15, -0.1) is 0 Å². The summed E-state index contributed by atoms with van der Waals surface area (Å²) >= 11 is 0. The molecule has 0 fully saturated rings. The van der Waals surface area contributed by atoms with Crippen LogP contribution in [0.5, 0.6) is 5.75 Å². The second-order valence-corrected chi connectivity index (χ2v) is 3.74. The number of esters is 1.